The fourth-order valence-corrected chi connectivity index (χ4v) is 5.37. The van der Waals surface area contributed by atoms with E-state index in [-0.39, 0.29) is 10.5 Å². The van der Waals surface area contributed by atoms with Crippen LogP contribution in [-0.4, -0.2) is 50.8 Å². The van der Waals surface area contributed by atoms with Gasteiger partial charge < -0.3 is 15.8 Å². The van der Waals surface area contributed by atoms with Gasteiger partial charge in [0.25, 0.3) is 11.8 Å². The Balaban J connectivity index is 1.79. The predicted molar refractivity (Wildman–Crippen MR) is 106 cm³/mol. The smallest absolute Gasteiger partial charge is 0.256 e. The van der Waals surface area contributed by atoms with Crippen LogP contribution in [0.25, 0.3) is 0 Å². The van der Waals surface area contributed by atoms with E-state index < -0.39 is 21.8 Å². The number of aryl methyl sites for hydroxylation is 1. The molecule has 1 saturated heterocycles. The third kappa shape index (κ3) is 3.95. The van der Waals surface area contributed by atoms with E-state index in [4.69, 9.17) is 10.5 Å². The summed E-state index contributed by atoms with van der Waals surface area (Å²) in [4.78, 5) is 25.2. The van der Waals surface area contributed by atoms with E-state index in [1.807, 2.05) is 6.92 Å². The summed E-state index contributed by atoms with van der Waals surface area (Å²) in [5, 5.41) is 3.08. The molecule has 3 N–H and O–H groups in total. The van der Waals surface area contributed by atoms with Gasteiger partial charge in [-0.2, -0.15) is 4.31 Å². The molecule has 0 aliphatic carbocycles. The number of carbonyl (C=O) groups excluding carboxylic acids is 2. The summed E-state index contributed by atoms with van der Waals surface area (Å²) >= 11 is 1.27. The number of primary amides is 1. The van der Waals surface area contributed by atoms with Crippen molar-refractivity contribution in [3.63, 3.8) is 0 Å². The van der Waals surface area contributed by atoms with Crippen molar-refractivity contribution in [2.24, 2.45) is 5.73 Å². The second kappa shape index (κ2) is 8.00. The Morgan fingerprint density at radius 3 is 2.32 bits per heavy atom. The molecule has 1 aromatic carbocycles. The molecule has 1 fully saturated rings. The highest BCUT2D eigenvalue weighted by molar-refractivity contribution is 7.89. The van der Waals surface area contributed by atoms with E-state index in [0.717, 1.165) is 10.4 Å². The number of sulfonamides is 1. The van der Waals surface area contributed by atoms with E-state index in [1.165, 1.54) is 39.9 Å². The second-order valence-corrected chi connectivity index (χ2v) is 9.51. The summed E-state index contributed by atoms with van der Waals surface area (Å²) in [6.45, 7) is 4.94. The standard InChI is InChI=1S/C18H21N3O5S2/c1-11-12(2)27-18(15(11)16(19)22)20-17(23)13-3-5-14(6-4-13)28(24,25)21-7-9-26-10-8-21/h3-6H,7-10H2,1-2H3,(H2,19,22)(H,20,23). The lowest BCUT2D eigenvalue weighted by molar-refractivity contribution is 0.0730. The third-order valence-corrected chi connectivity index (χ3v) is 7.62. The lowest BCUT2D eigenvalue weighted by atomic mass is 10.1. The van der Waals surface area contributed by atoms with Crippen LogP contribution in [0.3, 0.4) is 0 Å². The monoisotopic (exact) mass is 423 g/mol. The molecule has 0 spiro atoms. The van der Waals surface area contributed by atoms with Crippen LogP contribution in [0, 0.1) is 13.8 Å². The maximum absolute atomic E-state index is 12.6. The van der Waals surface area contributed by atoms with Gasteiger partial charge in [0.05, 0.1) is 23.7 Å². The number of thiophene rings is 1. The van der Waals surface area contributed by atoms with Gasteiger partial charge in [-0.1, -0.05) is 0 Å². The van der Waals surface area contributed by atoms with Crippen LogP contribution in [-0.2, 0) is 14.8 Å². The highest BCUT2D eigenvalue weighted by Crippen LogP contribution is 2.32. The quantitative estimate of drug-likeness (QED) is 0.759. The summed E-state index contributed by atoms with van der Waals surface area (Å²) in [5.74, 6) is -1.05. The molecule has 0 unspecified atom stereocenters. The van der Waals surface area contributed by atoms with Crippen molar-refractivity contribution < 1.29 is 22.7 Å². The Kier molecular flexibility index (Phi) is 5.84. The topological polar surface area (TPSA) is 119 Å². The van der Waals surface area contributed by atoms with Gasteiger partial charge in [-0.05, 0) is 43.7 Å². The zero-order valence-corrected chi connectivity index (χ0v) is 17.2. The minimum absolute atomic E-state index is 0.117. The third-order valence-electron chi connectivity index (χ3n) is 4.58. The number of hydrogen-bond donors (Lipinski definition) is 2. The molecule has 2 heterocycles. The van der Waals surface area contributed by atoms with Gasteiger partial charge in [0, 0.05) is 23.5 Å². The highest BCUT2D eigenvalue weighted by Gasteiger charge is 2.26. The number of hydrogen-bond acceptors (Lipinski definition) is 6. The van der Waals surface area contributed by atoms with E-state index in [2.05, 4.69) is 5.32 Å². The van der Waals surface area contributed by atoms with Crippen molar-refractivity contribution >= 4 is 38.2 Å². The van der Waals surface area contributed by atoms with Gasteiger partial charge in [0.1, 0.15) is 5.00 Å². The Labute approximate surface area is 167 Å². The first-order valence-electron chi connectivity index (χ1n) is 8.61. The molecule has 8 nitrogen and oxygen atoms in total. The van der Waals surface area contributed by atoms with E-state index in [9.17, 15) is 18.0 Å². The van der Waals surface area contributed by atoms with Crippen molar-refractivity contribution in [1.29, 1.82) is 0 Å². The first-order chi connectivity index (χ1) is 13.2. The summed E-state index contributed by atoms with van der Waals surface area (Å²) in [6, 6.07) is 5.69. The summed E-state index contributed by atoms with van der Waals surface area (Å²) in [7, 11) is -3.62. The molecular formula is C18H21N3O5S2. The Morgan fingerprint density at radius 1 is 1.14 bits per heavy atom. The van der Waals surface area contributed by atoms with Crippen LogP contribution in [0.4, 0.5) is 5.00 Å². The molecule has 0 bridgehead atoms. The number of ether oxygens (including phenoxy) is 1. The number of nitrogens with zero attached hydrogens (tertiary/aromatic N) is 1. The Morgan fingerprint density at radius 2 is 1.75 bits per heavy atom. The van der Waals surface area contributed by atoms with Crippen LogP contribution in [0.15, 0.2) is 29.2 Å². The first kappa shape index (κ1) is 20.5. The number of nitrogens with one attached hydrogen (secondary N) is 1. The maximum Gasteiger partial charge on any atom is 0.256 e. The fraction of sp³-hybridized carbons (Fsp3) is 0.333. The molecule has 0 radical (unpaired) electrons. The van der Waals surface area contributed by atoms with Crippen molar-refractivity contribution in [2.45, 2.75) is 18.7 Å². The van der Waals surface area contributed by atoms with Crippen LogP contribution >= 0.6 is 11.3 Å². The minimum Gasteiger partial charge on any atom is -0.379 e. The predicted octanol–water partition coefficient (Wildman–Crippen LogP) is 1.74. The average molecular weight is 424 g/mol. The van der Waals surface area contributed by atoms with Crippen molar-refractivity contribution in [2.75, 3.05) is 31.6 Å². The fourth-order valence-electron chi connectivity index (χ4n) is 2.90. The Hall–Kier alpha value is -2.27. The molecule has 1 aliphatic rings. The molecule has 3 rings (SSSR count). The van der Waals surface area contributed by atoms with Crippen LogP contribution in [0.2, 0.25) is 0 Å². The highest BCUT2D eigenvalue weighted by atomic mass is 32.2. The Bertz CT molecular complexity index is 1010. The van der Waals surface area contributed by atoms with E-state index in [1.54, 1.807) is 6.92 Å². The SMILES string of the molecule is Cc1sc(NC(=O)c2ccc(S(=O)(=O)N3CCOCC3)cc2)c(C(N)=O)c1C. The van der Waals surface area contributed by atoms with Gasteiger partial charge in [-0.25, -0.2) is 8.42 Å². The van der Waals surface area contributed by atoms with Gasteiger partial charge in [0.15, 0.2) is 0 Å². The van der Waals surface area contributed by atoms with Gasteiger partial charge >= 0.3 is 0 Å². The molecule has 1 aromatic heterocycles. The lowest BCUT2D eigenvalue weighted by Gasteiger charge is -2.26. The van der Waals surface area contributed by atoms with E-state index in [0.29, 0.717) is 36.9 Å². The number of carbonyl (C=O) groups is 2. The molecule has 10 heteroatoms. The van der Waals surface area contributed by atoms with Gasteiger partial charge in [-0.15, -0.1) is 11.3 Å². The summed E-state index contributed by atoms with van der Waals surface area (Å²) in [5.41, 5.74) is 6.73. The van der Waals surface area contributed by atoms with Crippen molar-refractivity contribution in [3.05, 3.63) is 45.8 Å². The molecule has 1 aliphatic heterocycles. The normalized spacial score (nSPS) is 15.4. The molecule has 28 heavy (non-hydrogen) atoms. The zero-order valence-electron chi connectivity index (χ0n) is 15.5. The van der Waals surface area contributed by atoms with Crippen molar-refractivity contribution in [1.82, 2.24) is 4.31 Å². The number of rotatable bonds is 5. The van der Waals surface area contributed by atoms with Crippen molar-refractivity contribution in [3.8, 4) is 0 Å². The minimum atomic E-state index is -3.62. The molecule has 0 atom stereocenters. The van der Waals surface area contributed by atoms with Crippen LogP contribution in [0.5, 0.6) is 0 Å². The molecular weight excluding hydrogens is 402 g/mol. The lowest BCUT2D eigenvalue weighted by Crippen LogP contribution is -2.40. The van der Waals surface area contributed by atoms with Gasteiger partial charge in [0.2, 0.25) is 10.0 Å². The molecule has 0 saturated carbocycles. The number of anilines is 1. The molecule has 2 amide bonds. The number of amides is 2. The van der Waals surface area contributed by atoms with Crippen LogP contribution < -0.4 is 11.1 Å². The summed E-state index contributed by atoms with van der Waals surface area (Å²) < 4.78 is 31.8. The van der Waals surface area contributed by atoms with Gasteiger partial charge in [-0.3, -0.25) is 9.59 Å². The number of morpholine rings is 1. The zero-order chi connectivity index (χ0) is 20.5. The average Bonchev–Trinajstić information content (AvgIpc) is 2.96. The number of nitrogens with two attached hydrogens (primary N) is 1. The van der Waals surface area contributed by atoms with E-state index >= 15 is 0 Å². The number of benzene rings is 1. The second-order valence-electron chi connectivity index (χ2n) is 6.35. The largest absolute Gasteiger partial charge is 0.379 e. The summed E-state index contributed by atoms with van der Waals surface area (Å²) in [6.07, 6.45) is 0. The molecule has 2 aromatic rings. The first-order valence-corrected chi connectivity index (χ1v) is 10.9. The van der Waals surface area contributed by atoms with Crippen LogP contribution in [0.1, 0.15) is 31.2 Å². The maximum atomic E-state index is 12.6. The molecule has 150 valence electrons.